The van der Waals surface area contributed by atoms with Gasteiger partial charge in [-0.25, -0.2) is 15.0 Å². The van der Waals surface area contributed by atoms with Gasteiger partial charge in [0.15, 0.2) is 5.82 Å². The minimum absolute atomic E-state index is 0.621. The lowest BCUT2D eigenvalue weighted by Gasteiger charge is -2.18. The van der Waals surface area contributed by atoms with E-state index in [-0.39, 0.29) is 0 Å². The molecule has 57 heavy (non-hydrogen) atoms. The van der Waals surface area contributed by atoms with Crippen molar-refractivity contribution in [2.45, 2.75) is 0 Å². The van der Waals surface area contributed by atoms with Crippen LogP contribution >= 0.6 is 0 Å². The molecule has 5 nitrogen and oxygen atoms in total. The fourth-order valence-corrected chi connectivity index (χ4v) is 7.77. The van der Waals surface area contributed by atoms with Crippen LogP contribution < -0.4 is 0 Å². The van der Waals surface area contributed by atoms with Gasteiger partial charge in [0.05, 0.1) is 33.9 Å². The average Bonchev–Trinajstić information content (AvgIpc) is 3.69. The lowest BCUT2D eigenvalue weighted by atomic mass is 9.87. The molecule has 0 spiro atoms. The van der Waals surface area contributed by atoms with Gasteiger partial charge in [0.2, 0.25) is 0 Å². The number of nitriles is 1. The first-order valence-electron chi connectivity index (χ1n) is 18.9. The Labute approximate surface area is 330 Å². The summed E-state index contributed by atoms with van der Waals surface area (Å²) in [6.07, 6.45) is 0. The lowest BCUT2D eigenvalue weighted by molar-refractivity contribution is 1.10. The predicted octanol–water partition coefficient (Wildman–Crippen LogP) is 12.8. The number of fused-ring (bicyclic) bond motifs is 2. The molecular formula is C52H33N5. The van der Waals surface area contributed by atoms with E-state index in [1.807, 2.05) is 91.0 Å². The monoisotopic (exact) mass is 727 g/mol. The van der Waals surface area contributed by atoms with Gasteiger partial charge in [0.1, 0.15) is 5.82 Å². The maximum atomic E-state index is 9.83. The number of hydrogen-bond acceptors (Lipinski definition) is 4. The molecule has 0 fully saturated rings. The number of nitrogens with zero attached hydrogens (tertiary/aromatic N) is 5. The highest BCUT2D eigenvalue weighted by Crippen LogP contribution is 2.42. The Morgan fingerprint density at radius 2 is 1.02 bits per heavy atom. The fourth-order valence-electron chi connectivity index (χ4n) is 7.77. The normalized spacial score (nSPS) is 11.1. The SMILES string of the molecule is N#Cc1cccc(-c2cccc(-c3ccc(-n4c(-c5ccccc5)nc5ccccc54)cc3)c2-c2ccc(-c3nc(-c4ccccc4)nc4ccccc34)cc2)c1. The molecule has 5 heteroatoms. The minimum atomic E-state index is 0.621. The number of imidazole rings is 1. The van der Waals surface area contributed by atoms with E-state index in [1.54, 1.807) is 0 Å². The second-order valence-electron chi connectivity index (χ2n) is 13.9. The lowest BCUT2D eigenvalue weighted by Crippen LogP contribution is -1.98. The van der Waals surface area contributed by atoms with Crippen molar-refractivity contribution >= 4 is 21.9 Å². The van der Waals surface area contributed by atoms with Gasteiger partial charge in [-0.2, -0.15) is 5.26 Å². The van der Waals surface area contributed by atoms with Crippen LogP contribution in [-0.4, -0.2) is 19.5 Å². The topological polar surface area (TPSA) is 67.4 Å². The van der Waals surface area contributed by atoms with Gasteiger partial charge in [-0.15, -0.1) is 0 Å². The van der Waals surface area contributed by atoms with E-state index in [4.69, 9.17) is 15.0 Å². The molecule has 0 N–H and O–H groups in total. The summed E-state index contributed by atoms with van der Waals surface area (Å²) in [7, 11) is 0. The fraction of sp³-hybridized carbons (Fsp3) is 0. The number of aromatic nitrogens is 4. The smallest absolute Gasteiger partial charge is 0.160 e. The Bertz CT molecular complexity index is 3110. The van der Waals surface area contributed by atoms with Crippen LogP contribution in [0.1, 0.15) is 5.56 Å². The number of para-hydroxylation sites is 3. The molecule has 2 heterocycles. The van der Waals surface area contributed by atoms with Crippen LogP contribution in [0, 0.1) is 11.3 Å². The van der Waals surface area contributed by atoms with Crippen molar-refractivity contribution in [1.29, 1.82) is 5.26 Å². The first-order valence-corrected chi connectivity index (χ1v) is 18.9. The van der Waals surface area contributed by atoms with Gasteiger partial charge in [0, 0.05) is 27.8 Å². The summed E-state index contributed by atoms with van der Waals surface area (Å²) in [5, 5.41) is 10.8. The third-order valence-corrected chi connectivity index (χ3v) is 10.5. The van der Waals surface area contributed by atoms with E-state index in [1.165, 1.54) is 0 Å². The van der Waals surface area contributed by atoms with Crippen LogP contribution in [0.2, 0.25) is 0 Å². The molecule has 0 aliphatic heterocycles. The van der Waals surface area contributed by atoms with Crippen molar-refractivity contribution in [3.8, 4) is 79.2 Å². The quantitative estimate of drug-likeness (QED) is 0.164. The number of hydrogen-bond donors (Lipinski definition) is 0. The zero-order valence-electron chi connectivity index (χ0n) is 30.8. The number of benzene rings is 8. The van der Waals surface area contributed by atoms with E-state index in [0.29, 0.717) is 11.4 Å². The van der Waals surface area contributed by atoms with Crippen molar-refractivity contribution in [2.75, 3.05) is 0 Å². The van der Waals surface area contributed by atoms with Gasteiger partial charge in [-0.1, -0.05) is 158 Å². The number of rotatable bonds is 7. The van der Waals surface area contributed by atoms with Crippen molar-refractivity contribution < 1.29 is 0 Å². The molecule has 0 radical (unpaired) electrons. The molecule has 0 saturated carbocycles. The Balaban J connectivity index is 1.11. The Morgan fingerprint density at radius 1 is 0.421 bits per heavy atom. The van der Waals surface area contributed by atoms with Crippen LogP contribution in [0.15, 0.2) is 200 Å². The molecule has 8 aromatic carbocycles. The summed E-state index contributed by atoms with van der Waals surface area (Å²) < 4.78 is 2.23. The summed E-state index contributed by atoms with van der Waals surface area (Å²) in [5.41, 5.74) is 14.8. The molecule has 0 aliphatic rings. The second kappa shape index (κ2) is 14.4. The molecule has 0 atom stereocenters. The van der Waals surface area contributed by atoms with Gasteiger partial charge in [0.25, 0.3) is 0 Å². The second-order valence-corrected chi connectivity index (χ2v) is 13.9. The Kier molecular flexibility index (Phi) is 8.48. The van der Waals surface area contributed by atoms with E-state index >= 15 is 0 Å². The standard InChI is InChI=1S/C52H33N5/c53-34-35-13-11-18-41(33-35)44-21-12-20-43(36-29-31-42(32-30-36)57-48-24-10-9-23-47(48)55-52(57)40-16-5-2-6-17-40)49(44)37-25-27-38(28-26-37)50-45-19-7-8-22-46(45)54-51(56-50)39-14-3-1-4-15-39/h1-33H. The third-order valence-electron chi connectivity index (χ3n) is 10.5. The van der Waals surface area contributed by atoms with E-state index in [2.05, 4.69) is 120 Å². The predicted molar refractivity (Wildman–Crippen MR) is 231 cm³/mol. The molecule has 0 amide bonds. The molecule has 10 rings (SSSR count). The molecule has 0 unspecified atom stereocenters. The van der Waals surface area contributed by atoms with Crippen molar-refractivity contribution in [3.05, 3.63) is 206 Å². The van der Waals surface area contributed by atoms with Gasteiger partial charge in [-0.3, -0.25) is 4.57 Å². The maximum Gasteiger partial charge on any atom is 0.160 e. The zero-order chi connectivity index (χ0) is 38.1. The highest BCUT2D eigenvalue weighted by Gasteiger charge is 2.18. The zero-order valence-corrected chi connectivity index (χ0v) is 30.8. The van der Waals surface area contributed by atoms with E-state index in [9.17, 15) is 5.26 Å². The molecule has 2 aromatic heterocycles. The Morgan fingerprint density at radius 3 is 1.77 bits per heavy atom. The van der Waals surface area contributed by atoms with Crippen LogP contribution in [0.5, 0.6) is 0 Å². The molecule has 0 aliphatic carbocycles. The highest BCUT2D eigenvalue weighted by atomic mass is 15.1. The summed E-state index contributed by atoms with van der Waals surface area (Å²) in [4.78, 5) is 15.1. The van der Waals surface area contributed by atoms with E-state index < -0.39 is 0 Å². The van der Waals surface area contributed by atoms with Crippen molar-refractivity contribution in [1.82, 2.24) is 19.5 Å². The summed E-state index contributed by atoms with van der Waals surface area (Å²) in [6, 6.07) is 70.9. The first-order chi connectivity index (χ1) is 28.2. The van der Waals surface area contributed by atoms with Crippen LogP contribution in [0.4, 0.5) is 0 Å². The average molecular weight is 728 g/mol. The minimum Gasteiger partial charge on any atom is -0.292 e. The third kappa shape index (κ3) is 6.22. The van der Waals surface area contributed by atoms with Crippen LogP contribution in [0.25, 0.3) is 95.0 Å². The van der Waals surface area contributed by atoms with Crippen molar-refractivity contribution in [3.63, 3.8) is 0 Å². The summed E-state index contributed by atoms with van der Waals surface area (Å²) in [6.45, 7) is 0. The molecule has 10 aromatic rings. The largest absolute Gasteiger partial charge is 0.292 e. The van der Waals surface area contributed by atoms with Gasteiger partial charge >= 0.3 is 0 Å². The maximum absolute atomic E-state index is 9.83. The molecule has 266 valence electrons. The Hall–Kier alpha value is -7.94. The molecule has 0 bridgehead atoms. The molecular weight excluding hydrogens is 695 g/mol. The first kappa shape index (κ1) is 33.6. The van der Waals surface area contributed by atoms with E-state index in [0.717, 1.165) is 89.2 Å². The van der Waals surface area contributed by atoms with Crippen LogP contribution in [0.3, 0.4) is 0 Å². The summed E-state index contributed by atoms with van der Waals surface area (Å²) in [5.74, 6) is 1.60. The van der Waals surface area contributed by atoms with Crippen LogP contribution in [-0.2, 0) is 0 Å². The summed E-state index contributed by atoms with van der Waals surface area (Å²) >= 11 is 0. The van der Waals surface area contributed by atoms with Crippen molar-refractivity contribution in [2.24, 2.45) is 0 Å². The van der Waals surface area contributed by atoms with Gasteiger partial charge < -0.3 is 0 Å². The molecule has 0 saturated heterocycles. The highest BCUT2D eigenvalue weighted by molar-refractivity contribution is 5.97. The van der Waals surface area contributed by atoms with Gasteiger partial charge in [-0.05, 0) is 75.8 Å².